The second kappa shape index (κ2) is 17.0. The minimum Gasteiger partial charge on any atom is -1.00 e. The summed E-state index contributed by atoms with van der Waals surface area (Å²) < 4.78 is 1.54. The van der Waals surface area contributed by atoms with Crippen molar-refractivity contribution in [2.45, 2.75) is 177 Å². The fourth-order valence-corrected chi connectivity index (χ4v) is 13.7. The van der Waals surface area contributed by atoms with Crippen LogP contribution in [0.25, 0.3) is 0 Å². The van der Waals surface area contributed by atoms with Crippen LogP contribution < -0.4 is 52.8 Å². The van der Waals surface area contributed by atoms with Crippen molar-refractivity contribution in [1.29, 1.82) is 0 Å². The normalized spacial score (nSPS) is 14.6. The molecule has 0 heterocycles. The molecule has 5 heteroatoms. The van der Waals surface area contributed by atoms with E-state index in [2.05, 4.69) is 213 Å². The molecule has 54 heavy (non-hydrogen) atoms. The number of hydrogen-bond acceptors (Lipinski definition) is 0. The summed E-state index contributed by atoms with van der Waals surface area (Å²) in [6, 6.07) is 23.5. The summed E-state index contributed by atoms with van der Waals surface area (Å²) in [6.45, 7) is 45.5. The summed E-state index contributed by atoms with van der Waals surface area (Å²) in [4.78, 5) is 0. The fourth-order valence-electron chi connectivity index (χ4n) is 7.49. The summed E-state index contributed by atoms with van der Waals surface area (Å²) >= 11 is 2.39. The average Bonchev–Trinajstić information content (AvgIpc) is 3.34. The van der Waals surface area contributed by atoms with Crippen LogP contribution in [0.2, 0.25) is 0 Å². The van der Waals surface area contributed by atoms with Crippen LogP contribution in [-0.2, 0) is 52.9 Å². The van der Waals surface area contributed by atoms with Gasteiger partial charge in [-0.05, 0) is 0 Å². The summed E-state index contributed by atoms with van der Waals surface area (Å²) in [5.74, 6) is 0. The number of hydrogen-bond donors (Lipinski definition) is 0. The zero-order chi connectivity index (χ0) is 38.9. The van der Waals surface area contributed by atoms with Gasteiger partial charge in [0.25, 0.3) is 0 Å². The second-order valence-corrected chi connectivity index (χ2v) is 26.5. The van der Waals surface area contributed by atoms with Gasteiger partial charge in [-0.2, -0.15) is 0 Å². The molecule has 0 bridgehead atoms. The first-order valence-electron chi connectivity index (χ1n) is 19.6. The Kier molecular flexibility index (Phi) is 16.1. The van der Waals surface area contributed by atoms with Crippen LogP contribution in [0.1, 0.15) is 178 Å². The number of benzene rings is 3. The Morgan fingerprint density at radius 1 is 0.426 bits per heavy atom. The third-order valence-corrected chi connectivity index (χ3v) is 16.8. The number of rotatable bonds is 5. The van der Waals surface area contributed by atoms with Crippen LogP contribution in [0.3, 0.4) is 0 Å². The molecule has 0 aliphatic heterocycles. The van der Waals surface area contributed by atoms with Crippen molar-refractivity contribution in [3.8, 4) is 0 Å². The minimum absolute atomic E-state index is 0. The summed E-state index contributed by atoms with van der Waals surface area (Å²) in [5.41, 5.74) is 10.2. The molecule has 0 fully saturated rings. The minimum atomic E-state index is -2.97. The van der Waals surface area contributed by atoms with Gasteiger partial charge in [0, 0.05) is 0 Å². The van der Waals surface area contributed by atoms with Gasteiger partial charge in [0.1, 0.15) is 0 Å². The summed E-state index contributed by atoms with van der Waals surface area (Å²) in [5, 5.41) is 6.21. The van der Waals surface area contributed by atoms with Crippen LogP contribution in [-0.4, -0.2) is 8.07 Å². The molecule has 0 N–H and O–H groups in total. The van der Waals surface area contributed by atoms with E-state index in [-0.39, 0.29) is 69.7 Å². The summed E-state index contributed by atoms with van der Waals surface area (Å²) in [6.07, 6.45) is 4.75. The van der Waals surface area contributed by atoms with Crippen LogP contribution >= 0.6 is 0 Å². The van der Waals surface area contributed by atoms with Crippen LogP contribution in [0.4, 0.5) is 0 Å². The zero-order valence-electron chi connectivity index (χ0n) is 37.3. The van der Waals surface area contributed by atoms with Crippen molar-refractivity contribution in [1.82, 2.24) is 0 Å². The van der Waals surface area contributed by atoms with E-state index in [4.69, 9.17) is 0 Å². The molecule has 0 spiro atoms. The molecule has 0 radical (unpaired) electrons. The van der Waals surface area contributed by atoms with E-state index in [0.717, 1.165) is 12.8 Å². The Morgan fingerprint density at radius 3 is 0.833 bits per heavy atom. The van der Waals surface area contributed by atoms with Gasteiger partial charge in [0.15, 0.2) is 0 Å². The molecule has 0 aromatic heterocycles. The van der Waals surface area contributed by atoms with Gasteiger partial charge in [-0.3, -0.25) is 0 Å². The second-order valence-electron chi connectivity index (χ2n) is 21.8. The largest absolute Gasteiger partial charge is 1.00 e. The van der Waals surface area contributed by atoms with E-state index in [0.29, 0.717) is 0 Å². The van der Waals surface area contributed by atoms with Crippen molar-refractivity contribution < 1.29 is 57.7 Å². The first kappa shape index (κ1) is 51.0. The van der Waals surface area contributed by atoms with E-state index >= 15 is 0 Å². The molecule has 0 saturated carbocycles. The molecule has 0 nitrogen and oxygen atoms in total. The Hall–Kier alpha value is -1.06. The standard InChI is InChI=1S/C49H71Si.3ClH.Ti/c1-20-33-22-21-23-43(33)50(40-27-34(44(2,3)4)24-35(28-40)45(5,6)7,41-29-36(46(8,9)10)25-37(30-41)47(11,12)13)42-31-38(48(14,15)16)26-39(32-42)49(17,18)19;;;;/h23-32H,20-21H2,1-19H3;3*1H;/q;;;;+3/p-3. The number of allylic oxidation sites excluding steroid dienone is 4. The van der Waals surface area contributed by atoms with E-state index < -0.39 is 8.07 Å². The van der Waals surface area contributed by atoms with Gasteiger partial charge in [0.2, 0.25) is 0 Å². The van der Waals surface area contributed by atoms with Crippen molar-refractivity contribution in [3.63, 3.8) is 0 Å². The molecule has 296 valence electrons. The maximum atomic E-state index is 2.67. The summed E-state index contributed by atoms with van der Waals surface area (Å²) in [7, 11) is -2.97. The maximum Gasteiger partial charge on any atom is -1.00 e. The molecule has 0 atom stereocenters. The van der Waals surface area contributed by atoms with E-state index in [1.807, 2.05) is 0 Å². The van der Waals surface area contributed by atoms with Crippen molar-refractivity contribution in [2.75, 3.05) is 0 Å². The topological polar surface area (TPSA) is 0 Å². The molecular formula is C49H71Cl3SiTi. The molecule has 0 saturated heterocycles. The molecule has 1 aliphatic carbocycles. The van der Waals surface area contributed by atoms with Gasteiger partial charge >= 0.3 is 330 Å². The van der Waals surface area contributed by atoms with E-state index in [1.165, 1.54) is 48.9 Å². The Balaban J connectivity index is 0.00000486. The van der Waals surface area contributed by atoms with Crippen molar-refractivity contribution in [2.24, 2.45) is 0 Å². The third kappa shape index (κ3) is 10.5. The Labute approximate surface area is 364 Å². The predicted octanol–water partition coefficient (Wildman–Crippen LogP) is 3.03. The van der Waals surface area contributed by atoms with Crippen molar-refractivity contribution in [3.05, 3.63) is 109 Å². The first-order valence-corrected chi connectivity index (χ1v) is 22.3. The van der Waals surface area contributed by atoms with Gasteiger partial charge in [0.05, 0.1) is 0 Å². The monoisotopic (exact) mass is 840 g/mol. The molecule has 0 amide bonds. The smallest absolute Gasteiger partial charge is 1.00 e. The Bertz CT molecular complexity index is 1570. The predicted molar refractivity (Wildman–Crippen MR) is 226 cm³/mol. The quantitative estimate of drug-likeness (QED) is 0.274. The van der Waals surface area contributed by atoms with Crippen LogP contribution in [0, 0.1) is 0 Å². The van der Waals surface area contributed by atoms with Crippen LogP contribution in [0.15, 0.2) is 75.3 Å². The molecule has 4 rings (SSSR count). The molecule has 3 aromatic carbocycles. The molecule has 1 aliphatic rings. The zero-order valence-corrected chi connectivity index (χ0v) is 42.2. The third-order valence-electron chi connectivity index (χ3n) is 11.3. The molecular weight excluding hydrogens is 771 g/mol. The van der Waals surface area contributed by atoms with E-state index in [9.17, 15) is 0 Å². The molecule has 0 unspecified atom stereocenters. The van der Waals surface area contributed by atoms with Gasteiger partial charge < -0.3 is 37.2 Å². The maximum absolute atomic E-state index is 2.97. The molecule has 3 aromatic rings. The first-order chi connectivity index (χ1) is 22.9. The number of halogens is 3. The fraction of sp³-hybridized carbons (Fsp3) is 0.551. The van der Waals surface area contributed by atoms with Gasteiger partial charge in [-0.25, -0.2) is 0 Å². The Morgan fingerprint density at radius 2 is 0.648 bits per heavy atom. The van der Waals surface area contributed by atoms with Gasteiger partial charge in [-0.1, -0.05) is 0 Å². The van der Waals surface area contributed by atoms with Gasteiger partial charge in [-0.15, -0.1) is 0 Å². The van der Waals surface area contributed by atoms with Crippen LogP contribution in [0.5, 0.6) is 0 Å². The average molecular weight is 842 g/mol. The van der Waals surface area contributed by atoms with Crippen molar-refractivity contribution >= 4 is 23.6 Å². The van der Waals surface area contributed by atoms with E-state index in [1.54, 1.807) is 14.6 Å². The SMILES string of the molecule is CCC1=[C]([Ti+3])CC=C1[Si](c1cc(C(C)(C)C)cc(C(C)(C)C)c1)(c1cc(C(C)(C)C)cc(C(C)(C)C)c1)c1cc(C(C)(C)C)cc(C(C)(C)C)c1.[Cl-].[Cl-].[Cl-].